The summed E-state index contributed by atoms with van der Waals surface area (Å²) < 4.78 is 167. The predicted molar refractivity (Wildman–Crippen MR) is 58.6 cm³/mol. The van der Waals surface area contributed by atoms with Gasteiger partial charge < -0.3 is 0 Å². The van der Waals surface area contributed by atoms with Gasteiger partial charge in [-0.1, -0.05) is 20.8 Å². The molecule has 0 aliphatic heterocycles. The average molecular weight is 408 g/mol. The van der Waals surface area contributed by atoms with Crippen molar-refractivity contribution in [2.75, 3.05) is 0 Å². The Kier molecular flexibility index (Phi) is 5.65. The molecule has 2 atom stereocenters. The summed E-state index contributed by atoms with van der Waals surface area (Å²) in [6, 6.07) is 0. The fourth-order valence-corrected chi connectivity index (χ4v) is 2.72. The van der Waals surface area contributed by atoms with Crippen molar-refractivity contribution in [3.63, 3.8) is 0 Å². The topological polar surface area (TPSA) is 0 Å². The minimum atomic E-state index is -7.14. The third-order valence-corrected chi connectivity index (χ3v) is 4.41. The first-order chi connectivity index (χ1) is 9.96. The van der Waals surface area contributed by atoms with Crippen molar-refractivity contribution >= 4 is 8.58 Å². The van der Waals surface area contributed by atoms with E-state index in [0.29, 0.717) is 0 Å². The summed E-state index contributed by atoms with van der Waals surface area (Å²) in [4.78, 5) is 0. The van der Waals surface area contributed by atoms with Gasteiger partial charge in [0.25, 0.3) is 11.3 Å². The Hall–Kier alpha value is -0.480. The zero-order valence-corrected chi connectivity index (χ0v) is 12.9. The Morgan fingerprint density at radius 3 is 1.04 bits per heavy atom. The van der Waals surface area contributed by atoms with E-state index >= 15 is 0 Å². The van der Waals surface area contributed by atoms with Gasteiger partial charge >= 0.3 is 23.9 Å². The van der Waals surface area contributed by atoms with E-state index in [1.807, 2.05) is 0 Å². The van der Waals surface area contributed by atoms with Crippen LogP contribution in [0, 0.1) is 5.41 Å². The maximum absolute atomic E-state index is 13.9. The molecule has 0 heterocycles. The summed E-state index contributed by atoms with van der Waals surface area (Å²) in [6.45, 7) is 0.826. The number of rotatable bonds is 4. The Morgan fingerprint density at radius 1 is 0.500 bits per heavy atom. The van der Waals surface area contributed by atoms with Crippen LogP contribution in [0.4, 0.5) is 57.1 Å². The second-order valence-corrected chi connectivity index (χ2v) is 7.32. The van der Waals surface area contributed by atoms with E-state index in [9.17, 15) is 57.1 Å². The molecular formula is C10H10F13P. The lowest BCUT2D eigenvalue weighted by atomic mass is 9.84. The minimum absolute atomic E-state index is 0.275. The van der Waals surface area contributed by atoms with Crippen molar-refractivity contribution in [1.82, 2.24) is 0 Å². The van der Waals surface area contributed by atoms with Gasteiger partial charge in [0.1, 0.15) is 0 Å². The minimum Gasteiger partial charge on any atom is -0.222 e. The third kappa shape index (κ3) is 3.55. The zero-order chi connectivity index (χ0) is 20.2. The molecule has 0 saturated heterocycles. The summed E-state index contributed by atoms with van der Waals surface area (Å²) in [6.07, 6.45) is -13.9. The molecule has 0 rings (SSSR count). The van der Waals surface area contributed by atoms with Crippen LogP contribution in [0.1, 0.15) is 20.8 Å². The van der Waals surface area contributed by atoms with Crippen molar-refractivity contribution in [2.45, 2.75) is 56.0 Å². The first kappa shape index (κ1) is 23.5. The normalized spacial score (nSPS) is 19.0. The van der Waals surface area contributed by atoms with Crippen LogP contribution in [0.5, 0.6) is 0 Å². The number of hydrogen-bond acceptors (Lipinski definition) is 0. The Labute approximate surface area is 128 Å². The molecule has 0 aromatic carbocycles. The number of halogens is 13. The number of alkyl halides is 13. The van der Waals surface area contributed by atoms with E-state index in [4.69, 9.17) is 0 Å². The van der Waals surface area contributed by atoms with E-state index in [1.54, 1.807) is 0 Å². The number of hydrogen-bond donors (Lipinski definition) is 0. The molecule has 146 valence electrons. The molecule has 0 radical (unpaired) electrons. The largest absolute Gasteiger partial charge is 0.460 e. The molecule has 0 aromatic rings. The lowest BCUT2D eigenvalue weighted by Gasteiger charge is -2.44. The smallest absolute Gasteiger partial charge is 0.222 e. The van der Waals surface area contributed by atoms with Crippen LogP contribution in [0.15, 0.2) is 0 Å². The van der Waals surface area contributed by atoms with Gasteiger partial charge in [-0.25, -0.2) is 13.2 Å². The summed E-state index contributed by atoms with van der Waals surface area (Å²) in [5.41, 5.74) is -9.78. The van der Waals surface area contributed by atoms with Crippen LogP contribution in [0.3, 0.4) is 0 Å². The van der Waals surface area contributed by atoms with E-state index in [2.05, 4.69) is 0 Å². The highest BCUT2D eigenvalue weighted by molar-refractivity contribution is 7.41. The van der Waals surface area contributed by atoms with Crippen LogP contribution < -0.4 is 0 Å². The first-order valence-corrected chi connectivity index (χ1v) is 6.71. The fraction of sp³-hybridized carbons (Fsp3) is 1.00. The summed E-state index contributed by atoms with van der Waals surface area (Å²) >= 11 is 0. The highest BCUT2D eigenvalue weighted by Crippen LogP contribution is 2.68. The summed E-state index contributed by atoms with van der Waals surface area (Å²) in [5.74, 6) is -12.9. The van der Waals surface area contributed by atoms with Gasteiger partial charge in [-0.2, -0.15) is 43.9 Å². The maximum atomic E-state index is 13.9. The van der Waals surface area contributed by atoms with Gasteiger partial charge in [-0.3, -0.25) is 0 Å². The van der Waals surface area contributed by atoms with Crippen LogP contribution in [-0.2, 0) is 0 Å². The van der Waals surface area contributed by atoms with Crippen molar-refractivity contribution < 1.29 is 57.1 Å². The van der Waals surface area contributed by atoms with Crippen LogP contribution in [0.2, 0.25) is 0 Å². The molecule has 0 bridgehead atoms. The third-order valence-electron chi connectivity index (χ3n) is 2.84. The van der Waals surface area contributed by atoms with Gasteiger partial charge in [0, 0.05) is 14.0 Å². The molecule has 0 N–H and O–H groups in total. The zero-order valence-electron chi connectivity index (χ0n) is 11.9. The lowest BCUT2D eigenvalue weighted by molar-refractivity contribution is -0.335. The average Bonchev–Trinajstić information content (AvgIpc) is 2.22. The summed E-state index contributed by atoms with van der Waals surface area (Å²) in [5, 5.41) is -6.31. The van der Waals surface area contributed by atoms with Crippen molar-refractivity contribution in [2.24, 2.45) is 5.41 Å². The predicted octanol–water partition coefficient (Wildman–Crippen LogP) is 6.36. The lowest BCUT2D eigenvalue weighted by Crippen LogP contribution is -2.61. The highest BCUT2D eigenvalue weighted by atomic mass is 31.1. The second-order valence-electron chi connectivity index (χ2n) is 5.75. The molecule has 0 aliphatic carbocycles. The van der Waals surface area contributed by atoms with Crippen LogP contribution in [-0.4, -0.2) is 35.3 Å². The van der Waals surface area contributed by atoms with E-state index < -0.39 is 49.3 Å². The molecule has 0 aliphatic rings. The Morgan fingerprint density at radius 2 is 0.833 bits per heavy atom. The monoisotopic (exact) mass is 408 g/mol. The van der Waals surface area contributed by atoms with Crippen LogP contribution >= 0.6 is 8.58 Å². The summed E-state index contributed by atoms with van der Waals surface area (Å²) in [7, 11) is -4.44. The van der Waals surface area contributed by atoms with Crippen molar-refractivity contribution in [3.8, 4) is 0 Å². The first-order valence-electron chi connectivity index (χ1n) is 5.71. The maximum Gasteiger partial charge on any atom is 0.460 e. The van der Waals surface area contributed by atoms with Crippen molar-refractivity contribution in [3.05, 3.63) is 0 Å². The van der Waals surface area contributed by atoms with Crippen molar-refractivity contribution in [1.29, 1.82) is 0 Å². The molecule has 24 heavy (non-hydrogen) atoms. The molecule has 14 heteroatoms. The van der Waals surface area contributed by atoms with Crippen LogP contribution in [0.25, 0.3) is 0 Å². The second kappa shape index (κ2) is 5.77. The molecule has 2 unspecified atom stereocenters. The molecular weight excluding hydrogens is 398 g/mol. The molecule has 0 saturated carbocycles. The molecule has 0 fully saturated rings. The Bertz CT molecular complexity index is 455. The van der Waals surface area contributed by atoms with Gasteiger partial charge in [-0.15, -0.1) is 0 Å². The van der Waals surface area contributed by atoms with Gasteiger partial charge in [0.2, 0.25) is 0 Å². The molecule has 0 nitrogen and oxygen atoms in total. The molecule has 0 aromatic heterocycles. The quantitative estimate of drug-likeness (QED) is 0.375. The fourth-order valence-electron chi connectivity index (χ4n) is 1.32. The van der Waals surface area contributed by atoms with E-state index in [-0.39, 0.29) is 20.8 Å². The molecule has 0 spiro atoms. The van der Waals surface area contributed by atoms with E-state index in [0.717, 1.165) is 0 Å². The van der Waals surface area contributed by atoms with Gasteiger partial charge in [-0.05, 0) is 0 Å². The highest BCUT2D eigenvalue weighted by Gasteiger charge is 2.82. The SMILES string of the molecule is CC(C)(C)C(F)(F)C(F)(PC(F)(F)C(F)(F)C(F)(F)F)C(F)(F)F. The van der Waals surface area contributed by atoms with Gasteiger partial charge in [0.15, 0.2) is 0 Å². The molecule has 0 amide bonds. The van der Waals surface area contributed by atoms with E-state index in [1.165, 1.54) is 0 Å². The van der Waals surface area contributed by atoms with Gasteiger partial charge in [0.05, 0.1) is 0 Å². The standard InChI is InChI=1S/C10H10F13P/c1-4(2,3)5(11,12)7(15,9(19,20)21)24-10(22,23)6(13,14)8(16,17)18/h24H,1-3H3. The Balaban J connectivity index is 6.31.